The summed E-state index contributed by atoms with van der Waals surface area (Å²) in [7, 11) is -2.29. The Morgan fingerprint density at radius 2 is 1.78 bits per heavy atom. The Kier molecular flexibility index (Phi) is 6.34. The third-order valence-electron chi connectivity index (χ3n) is 5.75. The second-order valence-electron chi connectivity index (χ2n) is 8.03. The number of ether oxygens (including phenoxy) is 1. The minimum absolute atomic E-state index is 0.0757. The van der Waals surface area contributed by atoms with Crippen LogP contribution in [0, 0.1) is 6.92 Å². The van der Waals surface area contributed by atoms with Gasteiger partial charge in [0.1, 0.15) is 12.0 Å². The monoisotopic (exact) mass is 539 g/mol. The highest BCUT2D eigenvalue weighted by molar-refractivity contribution is 7.92. The molecule has 0 unspecified atom stereocenters. The summed E-state index contributed by atoms with van der Waals surface area (Å²) in [4.78, 5) is 4.64. The first kappa shape index (κ1) is 24.1. The second-order valence-corrected chi connectivity index (χ2v) is 10.5. The van der Waals surface area contributed by atoms with Crippen molar-refractivity contribution in [2.24, 2.45) is 0 Å². The van der Waals surface area contributed by atoms with Crippen LogP contribution in [-0.2, 0) is 10.0 Å². The number of fused-ring (bicyclic) bond motifs is 1. The first-order chi connectivity index (χ1) is 17.3. The molecule has 0 bridgehead atoms. The third kappa shape index (κ3) is 4.51. The molecule has 0 radical (unpaired) electrons. The van der Waals surface area contributed by atoms with Gasteiger partial charge in [-0.05, 0) is 59.8 Å². The lowest BCUT2D eigenvalue weighted by atomic mass is 9.98. The molecule has 0 fully saturated rings. The highest BCUT2D eigenvalue weighted by atomic mass is 35.5. The smallest absolute Gasteiger partial charge is 0.263 e. The SMILES string of the molecule is COc1cc(-c2ccc(C)c(Cl)c2)c(Cl)cc1-c1nccc2cc(S(=O)(=O)Nc3ccon3)ccc12. The molecule has 0 aliphatic heterocycles. The Labute approximate surface area is 217 Å². The fourth-order valence-corrected chi connectivity index (χ4v) is 5.37. The minimum Gasteiger partial charge on any atom is -0.496 e. The quantitative estimate of drug-likeness (QED) is 0.250. The van der Waals surface area contributed by atoms with E-state index in [0.29, 0.717) is 32.4 Å². The predicted octanol–water partition coefficient (Wildman–Crippen LogP) is 6.98. The Morgan fingerprint density at radius 1 is 0.944 bits per heavy atom. The number of halogens is 2. The van der Waals surface area contributed by atoms with Crippen molar-refractivity contribution in [2.45, 2.75) is 11.8 Å². The molecule has 2 aromatic heterocycles. The standard InChI is InChI=1S/C26H19Cl2N3O4S/c1-15-3-4-16(12-22(15)27)20-14-24(34-2)21(13-23(20)28)26-19-6-5-18(11-17(19)7-9-29-26)36(32,33)31-25-8-10-35-30-25/h3-14H,1-2H3,(H,30,31). The molecule has 0 aliphatic carbocycles. The molecule has 0 aliphatic rings. The van der Waals surface area contributed by atoms with Crippen molar-refractivity contribution < 1.29 is 17.7 Å². The first-order valence-electron chi connectivity index (χ1n) is 10.7. The van der Waals surface area contributed by atoms with Gasteiger partial charge in [0.2, 0.25) is 0 Å². The van der Waals surface area contributed by atoms with Gasteiger partial charge in [-0.1, -0.05) is 46.6 Å². The van der Waals surface area contributed by atoms with Crippen molar-refractivity contribution in [3.05, 3.63) is 88.7 Å². The number of benzene rings is 3. The maximum atomic E-state index is 12.8. The topological polar surface area (TPSA) is 94.3 Å². The van der Waals surface area contributed by atoms with E-state index in [1.54, 1.807) is 37.6 Å². The van der Waals surface area contributed by atoms with Gasteiger partial charge in [0.15, 0.2) is 5.82 Å². The molecule has 36 heavy (non-hydrogen) atoms. The van der Waals surface area contributed by atoms with Crippen molar-refractivity contribution in [3.8, 4) is 28.1 Å². The van der Waals surface area contributed by atoms with Crippen LogP contribution in [0.5, 0.6) is 5.75 Å². The molecule has 0 amide bonds. The average molecular weight is 540 g/mol. The van der Waals surface area contributed by atoms with Crippen molar-refractivity contribution in [1.29, 1.82) is 0 Å². The number of pyridine rings is 1. The molecule has 5 rings (SSSR count). The van der Waals surface area contributed by atoms with Gasteiger partial charge in [-0.15, -0.1) is 0 Å². The van der Waals surface area contributed by atoms with Crippen molar-refractivity contribution in [2.75, 3.05) is 11.8 Å². The van der Waals surface area contributed by atoms with Gasteiger partial charge in [-0.25, -0.2) is 8.42 Å². The molecular weight excluding hydrogens is 521 g/mol. The van der Waals surface area contributed by atoms with Crippen LogP contribution in [0.3, 0.4) is 0 Å². The molecule has 1 N–H and O–H groups in total. The number of sulfonamides is 1. The number of rotatable bonds is 6. The summed E-state index contributed by atoms with van der Waals surface area (Å²) in [6.07, 6.45) is 2.90. The van der Waals surface area contributed by atoms with E-state index >= 15 is 0 Å². The van der Waals surface area contributed by atoms with Gasteiger partial charge in [-0.3, -0.25) is 9.71 Å². The van der Waals surface area contributed by atoms with Crippen LogP contribution in [0.4, 0.5) is 5.82 Å². The van der Waals surface area contributed by atoms with Crippen LogP contribution in [0.2, 0.25) is 10.0 Å². The Balaban J connectivity index is 1.60. The first-order valence-corrected chi connectivity index (χ1v) is 13.0. The zero-order chi connectivity index (χ0) is 25.4. The lowest BCUT2D eigenvalue weighted by molar-refractivity contribution is 0.416. The molecule has 0 saturated heterocycles. The van der Waals surface area contributed by atoms with Crippen LogP contribution < -0.4 is 9.46 Å². The fraction of sp³-hybridized carbons (Fsp3) is 0.0769. The molecule has 182 valence electrons. The second kappa shape index (κ2) is 9.46. The van der Waals surface area contributed by atoms with Crippen LogP contribution in [0.15, 0.2) is 82.5 Å². The van der Waals surface area contributed by atoms with Gasteiger partial charge in [0.25, 0.3) is 10.0 Å². The van der Waals surface area contributed by atoms with E-state index in [9.17, 15) is 8.42 Å². The normalized spacial score (nSPS) is 11.6. The number of hydrogen-bond acceptors (Lipinski definition) is 6. The zero-order valence-electron chi connectivity index (χ0n) is 19.1. The molecule has 10 heteroatoms. The van der Waals surface area contributed by atoms with Gasteiger partial charge in [-0.2, -0.15) is 0 Å². The number of aryl methyl sites for hydroxylation is 1. The predicted molar refractivity (Wildman–Crippen MR) is 141 cm³/mol. The largest absolute Gasteiger partial charge is 0.496 e. The summed E-state index contributed by atoms with van der Waals surface area (Å²) >= 11 is 13.0. The lowest BCUT2D eigenvalue weighted by Gasteiger charge is -2.15. The van der Waals surface area contributed by atoms with Crippen molar-refractivity contribution >= 4 is 49.8 Å². The molecule has 3 aromatic carbocycles. The molecule has 5 aromatic rings. The van der Waals surface area contributed by atoms with Crippen LogP contribution in [0.25, 0.3) is 33.2 Å². The van der Waals surface area contributed by atoms with E-state index in [-0.39, 0.29) is 10.7 Å². The Bertz CT molecular complexity index is 1700. The summed E-state index contributed by atoms with van der Waals surface area (Å²) in [6.45, 7) is 1.94. The van der Waals surface area contributed by atoms with E-state index in [4.69, 9.17) is 32.5 Å². The van der Waals surface area contributed by atoms with Gasteiger partial charge in [0, 0.05) is 38.8 Å². The maximum Gasteiger partial charge on any atom is 0.263 e. The molecule has 2 heterocycles. The number of aromatic nitrogens is 2. The number of methoxy groups -OCH3 is 1. The van der Waals surface area contributed by atoms with E-state index < -0.39 is 10.0 Å². The fourth-order valence-electron chi connectivity index (χ4n) is 3.89. The zero-order valence-corrected chi connectivity index (χ0v) is 21.4. The molecule has 7 nitrogen and oxygen atoms in total. The molecule has 0 spiro atoms. The summed E-state index contributed by atoms with van der Waals surface area (Å²) in [5, 5.41) is 6.16. The molecular formula is C26H19Cl2N3O4S. The number of nitrogens with one attached hydrogen (secondary N) is 1. The highest BCUT2D eigenvalue weighted by Gasteiger charge is 2.19. The van der Waals surface area contributed by atoms with E-state index in [1.165, 1.54) is 18.4 Å². The van der Waals surface area contributed by atoms with E-state index in [2.05, 4.69) is 14.9 Å². The van der Waals surface area contributed by atoms with Crippen LogP contribution in [0.1, 0.15) is 5.56 Å². The van der Waals surface area contributed by atoms with Crippen molar-refractivity contribution in [1.82, 2.24) is 10.1 Å². The van der Waals surface area contributed by atoms with E-state index in [1.807, 2.05) is 31.2 Å². The highest BCUT2D eigenvalue weighted by Crippen LogP contribution is 2.41. The number of anilines is 1. The molecule has 0 saturated carbocycles. The summed E-state index contributed by atoms with van der Waals surface area (Å²) in [6, 6.07) is 17.3. The van der Waals surface area contributed by atoms with Gasteiger partial charge in [0.05, 0.1) is 17.7 Å². The summed E-state index contributed by atoms with van der Waals surface area (Å²) < 4.78 is 38.4. The van der Waals surface area contributed by atoms with Crippen LogP contribution >= 0.6 is 23.2 Å². The van der Waals surface area contributed by atoms with Crippen LogP contribution in [-0.4, -0.2) is 25.7 Å². The summed E-state index contributed by atoms with van der Waals surface area (Å²) in [5.41, 5.74) is 3.88. The molecule has 0 atom stereocenters. The van der Waals surface area contributed by atoms with Crippen molar-refractivity contribution in [3.63, 3.8) is 0 Å². The Morgan fingerprint density at radius 3 is 2.50 bits per heavy atom. The maximum absolute atomic E-state index is 12.8. The lowest BCUT2D eigenvalue weighted by Crippen LogP contribution is -2.13. The number of nitrogens with zero attached hydrogens (tertiary/aromatic N) is 2. The van der Waals surface area contributed by atoms with Gasteiger partial charge < -0.3 is 9.26 Å². The number of hydrogen-bond donors (Lipinski definition) is 1. The van der Waals surface area contributed by atoms with E-state index in [0.717, 1.165) is 22.1 Å². The third-order valence-corrected chi connectivity index (χ3v) is 7.82. The Hall–Kier alpha value is -3.59. The van der Waals surface area contributed by atoms with Gasteiger partial charge >= 0.3 is 0 Å². The minimum atomic E-state index is -3.86. The summed E-state index contributed by atoms with van der Waals surface area (Å²) in [5.74, 6) is 0.662. The average Bonchev–Trinajstić information content (AvgIpc) is 3.37.